The van der Waals surface area contributed by atoms with Crippen LogP contribution < -0.4 is 11.0 Å². The molecule has 0 unspecified atom stereocenters. The first-order chi connectivity index (χ1) is 13.6. The first-order valence-corrected chi connectivity index (χ1v) is 9.34. The Balaban J connectivity index is 2.19. The van der Waals surface area contributed by atoms with E-state index in [1.54, 1.807) is 0 Å². The van der Waals surface area contributed by atoms with Crippen LogP contribution in [-0.4, -0.2) is 67.3 Å². The third-order valence-corrected chi connectivity index (χ3v) is 5.01. The van der Waals surface area contributed by atoms with E-state index in [1.165, 1.54) is 12.3 Å². The summed E-state index contributed by atoms with van der Waals surface area (Å²) in [6.45, 7) is 3.67. The van der Waals surface area contributed by atoms with Gasteiger partial charge in [-0.05, 0) is 26.3 Å². The minimum Gasteiger partial charge on any atom is -0.449 e. The predicted octanol–water partition coefficient (Wildman–Crippen LogP) is -0.0572. The molecule has 0 saturated carbocycles. The minimum absolute atomic E-state index is 0.0788. The molecule has 29 heavy (non-hydrogen) atoms. The summed E-state index contributed by atoms with van der Waals surface area (Å²) >= 11 is 0. The van der Waals surface area contributed by atoms with Crippen LogP contribution in [0.5, 0.6) is 0 Å². The quantitative estimate of drug-likeness (QED) is 0.428. The summed E-state index contributed by atoms with van der Waals surface area (Å²) in [7, 11) is 0. The predicted molar refractivity (Wildman–Crippen MR) is 100 cm³/mol. The molecule has 1 amide bonds. The van der Waals surface area contributed by atoms with Crippen LogP contribution in [0.4, 0.5) is 10.6 Å². The van der Waals surface area contributed by atoms with E-state index < -0.39 is 47.7 Å². The van der Waals surface area contributed by atoms with Gasteiger partial charge in [-0.1, -0.05) is 19.8 Å². The second kappa shape index (κ2) is 8.99. The maximum absolute atomic E-state index is 12.4. The fourth-order valence-electron chi connectivity index (χ4n) is 3.31. The molecule has 1 aliphatic heterocycles. The maximum atomic E-state index is 12.4. The number of Topliss-reactive ketones (excluding diaryl/α,β-unsaturated/α-hetero) is 1. The van der Waals surface area contributed by atoms with Crippen LogP contribution in [0.2, 0.25) is 0 Å². The van der Waals surface area contributed by atoms with Crippen LogP contribution in [0.1, 0.15) is 46.3 Å². The molecule has 11 nitrogen and oxygen atoms in total. The summed E-state index contributed by atoms with van der Waals surface area (Å²) in [4.78, 5) is 39.8. The lowest BCUT2D eigenvalue weighted by Gasteiger charge is -2.35. The van der Waals surface area contributed by atoms with Crippen molar-refractivity contribution in [3.05, 3.63) is 22.7 Å². The molecule has 2 rings (SSSR count). The van der Waals surface area contributed by atoms with Gasteiger partial charge in [0.2, 0.25) is 0 Å². The van der Waals surface area contributed by atoms with Crippen molar-refractivity contribution in [2.45, 2.75) is 63.6 Å². The van der Waals surface area contributed by atoms with E-state index in [0.29, 0.717) is 0 Å². The normalized spacial score (nSPS) is 28.9. The van der Waals surface area contributed by atoms with Gasteiger partial charge in [0.25, 0.3) is 0 Å². The molecular weight excluding hydrogens is 386 g/mol. The van der Waals surface area contributed by atoms with Crippen LogP contribution >= 0.6 is 0 Å². The Morgan fingerprint density at radius 2 is 2.07 bits per heavy atom. The number of hydrogen-bond acceptors (Lipinski definition) is 9. The van der Waals surface area contributed by atoms with E-state index in [1.807, 2.05) is 6.92 Å². The van der Waals surface area contributed by atoms with Gasteiger partial charge in [-0.15, -0.1) is 0 Å². The lowest BCUT2D eigenvalue weighted by molar-refractivity contribution is -0.169. The monoisotopic (exact) mass is 413 g/mol. The van der Waals surface area contributed by atoms with E-state index in [0.717, 1.165) is 37.7 Å². The number of aliphatic hydroxyl groups excluding tert-OH is 1. The van der Waals surface area contributed by atoms with Crippen LogP contribution in [0.25, 0.3) is 0 Å². The molecule has 0 radical (unpaired) electrons. The zero-order valence-corrected chi connectivity index (χ0v) is 16.6. The fourth-order valence-corrected chi connectivity index (χ4v) is 3.31. The Bertz CT molecular complexity index is 809. The molecule has 1 aromatic rings. The molecule has 1 saturated heterocycles. The molecule has 162 valence electrons. The SMILES string of the molecule is CCCCCOC(=O)Nc1ccn([C@@H]2O[C@H](CO)[C@](O)(C(C)=O)[C@@]2(C)O)c(=O)n1. The molecule has 1 aliphatic rings. The molecule has 0 aliphatic carbocycles. The number of amides is 1. The molecule has 2 heterocycles. The van der Waals surface area contributed by atoms with E-state index in [4.69, 9.17) is 9.47 Å². The number of hydrogen-bond donors (Lipinski definition) is 4. The zero-order valence-electron chi connectivity index (χ0n) is 16.6. The van der Waals surface area contributed by atoms with Gasteiger partial charge in [-0.3, -0.25) is 14.7 Å². The number of carbonyl (C=O) groups is 2. The third-order valence-electron chi connectivity index (χ3n) is 5.01. The number of aliphatic hydroxyl groups is 3. The van der Waals surface area contributed by atoms with E-state index in [9.17, 15) is 29.7 Å². The van der Waals surface area contributed by atoms with Crippen LogP contribution in [-0.2, 0) is 14.3 Å². The van der Waals surface area contributed by atoms with Gasteiger partial charge in [0, 0.05) is 6.20 Å². The van der Waals surface area contributed by atoms with Crippen molar-refractivity contribution >= 4 is 17.7 Å². The number of ether oxygens (including phenoxy) is 2. The standard InChI is InChI=1S/C18H27N3O8/c1-4-5-6-9-28-16(25)20-13-7-8-21(15(24)19-13)14-17(3,26)18(27,11(2)23)12(10-22)29-14/h7-8,12,14,22,26-27H,4-6,9-10H2,1-3H3,(H,19,20,24,25)/t12-,14-,17+,18-/m1/s1. The average Bonchev–Trinajstić information content (AvgIpc) is 2.86. The molecule has 0 spiro atoms. The highest BCUT2D eigenvalue weighted by Gasteiger charge is 2.66. The number of aromatic nitrogens is 2. The lowest BCUT2D eigenvalue weighted by Crippen LogP contribution is -2.61. The largest absolute Gasteiger partial charge is 0.449 e. The van der Waals surface area contributed by atoms with Gasteiger partial charge < -0.3 is 24.8 Å². The average molecular weight is 413 g/mol. The molecule has 1 fully saturated rings. The number of carbonyl (C=O) groups excluding carboxylic acids is 2. The third kappa shape index (κ3) is 4.32. The highest BCUT2D eigenvalue weighted by Crippen LogP contribution is 2.45. The highest BCUT2D eigenvalue weighted by molar-refractivity contribution is 5.87. The minimum atomic E-state index is -2.43. The number of rotatable bonds is 8. The molecule has 1 aromatic heterocycles. The summed E-state index contributed by atoms with van der Waals surface area (Å²) in [5, 5.41) is 33.2. The molecule has 0 aromatic carbocycles. The maximum Gasteiger partial charge on any atom is 0.412 e. The van der Waals surface area contributed by atoms with Crippen LogP contribution in [0, 0.1) is 0 Å². The van der Waals surface area contributed by atoms with Crippen molar-refractivity contribution in [1.82, 2.24) is 9.55 Å². The zero-order chi connectivity index (χ0) is 21.8. The Morgan fingerprint density at radius 3 is 2.59 bits per heavy atom. The highest BCUT2D eigenvalue weighted by atomic mass is 16.6. The second-order valence-corrected chi connectivity index (χ2v) is 7.10. The topological polar surface area (TPSA) is 160 Å². The summed E-state index contributed by atoms with van der Waals surface area (Å²) in [5.74, 6) is -0.904. The number of ketones is 1. The van der Waals surface area contributed by atoms with Gasteiger partial charge in [-0.25, -0.2) is 9.59 Å². The number of unbranched alkanes of at least 4 members (excludes halogenated alkanes) is 2. The van der Waals surface area contributed by atoms with Crippen LogP contribution in [0.15, 0.2) is 17.1 Å². The molecular formula is C18H27N3O8. The van der Waals surface area contributed by atoms with E-state index in [-0.39, 0.29) is 12.4 Å². The van der Waals surface area contributed by atoms with Crippen LogP contribution in [0.3, 0.4) is 0 Å². The Hall–Kier alpha value is -2.34. The van der Waals surface area contributed by atoms with Gasteiger partial charge in [0.1, 0.15) is 17.5 Å². The Morgan fingerprint density at radius 1 is 1.38 bits per heavy atom. The van der Waals surface area contributed by atoms with Gasteiger partial charge in [-0.2, -0.15) is 4.98 Å². The molecule has 4 atom stereocenters. The van der Waals surface area contributed by atoms with Crippen molar-refractivity contribution in [3.8, 4) is 0 Å². The van der Waals surface area contributed by atoms with Crippen molar-refractivity contribution in [3.63, 3.8) is 0 Å². The fraction of sp³-hybridized carbons (Fsp3) is 0.667. The van der Waals surface area contributed by atoms with E-state index >= 15 is 0 Å². The summed E-state index contributed by atoms with van der Waals surface area (Å²) < 4.78 is 11.2. The van der Waals surface area contributed by atoms with Crippen molar-refractivity contribution < 1.29 is 34.4 Å². The summed E-state index contributed by atoms with van der Waals surface area (Å²) in [5.41, 5.74) is -5.57. The van der Waals surface area contributed by atoms with Gasteiger partial charge in [0.15, 0.2) is 17.6 Å². The summed E-state index contributed by atoms with van der Waals surface area (Å²) in [6.07, 6.45) is 0.102. The Labute approximate surface area is 167 Å². The smallest absolute Gasteiger partial charge is 0.412 e. The second-order valence-electron chi connectivity index (χ2n) is 7.10. The number of anilines is 1. The summed E-state index contributed by atoms with van der Waals surface area (Å²) in [6, 6.07) is 1.27. The molecule has 0 bridgehead atoms. The van der Waals surface area contributed by atoms with Crippen molar-refractivity contribution in [1.29, 1.82) is 0 Å². The molecule has 4 N–H and O–H groups in total. The van der Waals surface area contributed by atoms with E-state index in [2.05, 4.69) is 10.3 Å². The first-order valence-electron chi connectivity index (χ1n) is 9.34. The lowest BCUT2D eigenvalue weighted by atomic mass is 9.78. The van der Waals surface area contributed by atoms with Crippen molar-refractivity contribution in [2.75, 3.05) is 18.5 Å². The molecule has 11 heteroatoms. The van der Waals surface area contributed by atoms with Crippen molar-refractivity contribution in [2.24, 2.45) is 0 Å². The number of nitrogens with one attached hydrogen (secondary N) is 1. The number of nitrogens with zero attached hydrogens (tertiary/aromatic N) is 2. The van der Waals surface area contributed by atoms with Gasteiger partial charge in [0.05, 0.1) is 13.2 Å². The Kier molecular flexibility index (Phi) is 7.11. The van der Waals surface area contributed by atoms with Gasteiger partial charge >= 0.3 is 11.8 Å². The first kappa shape index (κ1) is 22.9.